The van der Waals surface area contributed by atoms with Crippen LogP contribution < -0.4 is 5.32 Å². The minimum atomic E-state index is 0.0476. The molecule has 22 heavy (non-hydrogen) atoms. The lowest BCUT2D eigenvalue weighted by Gasteiger charge is -2.30. The van der Waals surface area contributed by atoms with Gasteiger partial charge in [0.15, 0.2) is 0 Å². The van der Waals surface area contributed by atoms with Gasteiger partial charge in [0.2, 0.25) is 0 Å². The largest absolute Gasteiger partial charge is 0.349 e. The second-order valence-electron chi connectivity index (χ2n) is 5.67. The smallest absolute Gasteiger partial charge is 0.261 e. The predicted molar refractivity (Wildman–Crippen MR) is 93.8 cm³/mol. The zero-order chi connectivity index (χ0) is 15.2. The third kappa shape index (κ3) is 3.97. The first kappa shape index (κ1) is 15.7. The Labute approximate surface area is 140 Å². The molecule has 2 aromatic rings. The van der Waals surface area contributed by atoms with Gasteiger partial charge < -0.3 is 5.32 Å². The van der Waals surface area contributed by atoms with Crippen LogP contribution in [0.5, 0.6) is 0 Å². The minimum Gasteiger partial charge on any atom is -0.349 e. The van der Waals surface area contributed by atoms with E-state index in [0.29, 0.717) is 12.6 Å². The number of nitrogens with zero attached hydrogens (tertiary/aromatic N) is 1. The molecule has 0 radical (unpaired) electrons. The maximum Gasteiger partial charge on any atom is 0.261 e. The average Bonchev–Trinajstić information content (AvgIpc) is 3.18. The molecule has 118 valence electrons. The van der Waals surface area contributed by atoms with Crippen LogP contribution in [0.2, 0.25) is 0 Å². The fourth-order valence-corrected chi connectivity index (χ4v) is 4.48. The number of carbonyl (C=O) groups excluding carboxylic acids is 1. The zero-order valence-electron chi connectivity index (χ0n) is 12.7. The summed E-state index contributed by atoms with van der Waals surface area (Å²) in [6.45, 7) is 2.96. The Morgan fingerprint density at radius 3 is 2.45 bits per heavy atom. The van der Waals surface area contributed by atoms with E-state index >= 15 is 0 Å². The van der Waals surface area contributed by atoms with E-state index in [1.165, 1.54) is 41.9 Å². The van der Waals surface area contributed by atoms with Crippen LogP contribution in [0, 0.1) is 0 Å². The molecule has 2 aromatic heterocycles. The predicted octanol–water partition coefficient (Wildman–Crippen LogP) is 4.16. The second kappa shape index (κ2) is 7.90. The van der Waals surface area contributed by atoms with Gasteiger partial charge in [0.25, 0.3) is 5.91 Å². The first-order valence-electron chi connectivity index (χ1n) is 7.94. The van der Waals surface area contributed by atoms with Gasteiger partial charge in [-0.2, -0.15) is 0 Å². The normalized spacial score (nSPS) is 17.8. The first-order chi connectivity index (χ1) is 10.8. The summed E-state index contributed by atoms with van der Waals surface area (Å²) in [5.74, 6) is 0.0476. The Morgan fingerprint density at radius 1 is 1.09 bits per heavy atom. The lowest BCUT2D eigenvalue weighted by molar-refractivity contribution is 0.0938. The number of rotatable bonds is 5. The molecule has 0 unspecified atom stereocenters. The molecule has 3 rings (SSSR count). The van der Waals surface area contributed by atoms with Gasteiger partial charge in [0, 0.05) is 11.4 Å². The van der Waals surface area contributed by atoms with Crippen LogP contribution in [0.25, 0.3) is 0 Å². The summed E-state index contributed by atoms with van der Waals surface area (Å²) < 4.78 is 0. The van der Waals surface area contributed by atoms with E-state index in [2.05, 4.69) is 27.7 Å². The minimum absolute atomic E-state index is 0.0476. The van der Waals surface area contributed by atoms with Crippen molar-refractivity contribution in [3.63, 3.8) is 0 Å². The van der Waals surface area contributed by atoms with Crippen molar-refractivity contribution in [2.45, 2.75) is 31.7 Å². The average molecular weight is 335 g/mol. The van der Waals surface area contributed by atoms with Crippen molar-refractivity contribution in [2.75, 3.05) is 19.6 Å². The zero-order valence-corrected chi connectivity index (χ0v) is 14.3. The van der Waals surface area contributed by atoms with Gasteiger partial charge in [0.05, 0.1) is 10.9 Å². The number of nitrogens with one attached hydrogen (secondary N) is 1. The number of amides is 1. The number of carbonyl (C=O) groups is 1. The lowest BCUT2D eigenvalue weighted by atomic mass is 10.2. The van der Waals surface area contributed by atoms with E-state index in [0.717, 1.165) is 18.0 Å². The number of hydrogen-bond donors (Lipinski definition) is 1. The summed E-state index contributed by atoms with van der Waals surface area (Å²) in [5, 5.41) is 7.20. The van der Waals surface area contributed by atoms with Crippen LogP contribution in [-0.4, -0.2) is 30.4 Å². The monoisotopic (exact) mass is 334 g/mol. The highest BCUT2D eigenvalue weighted by atomic mass is 32.1. The SMILES string of the molecule is O=C(NC[C@H](c1cccs1)N1CCCCCC1)c1cccs1. The van der Waals surface area contributed by atoms with Gasteiger partial charge in [0.1, 0.15) is 0 Å². The maximum atomic E-state index is 12.2. The van der Waals surface area contributed by atoms with Crippen LogP contribution in [0.3, 0.4) is 0 Å². The van der Waals surface area contributed by atoms with E-state index in [9.17, 15) is 4.79 Å². The number of likely N-dealkylation sites (tertiary alicyclic amines) is 1. The molecule has 1 saturated heterocycles. The molecule has 1 aliphatic heterocycles. The third-order valence-corrected chi connectivity index (χ3v) is 6.00. The molecule has 0 aromatic carbocycles. The van der Waals surface area contributed by atoms with E-state index in [1.807, 2.05) is 17.5 Å². The van der Waals surface area contributed by atoms with Gasteiger partial charge in [-0.05, 0) is 48.8 Å². The Balaban J connectivity index is 1.67. The Hall–Kier alpha value is -1.17. The molecule has 0 saturated carbocycles. The van der Waals surface area contributed by atoms with E-state index < -0.39 is 0 Å². The molecule has 0 aliphatic carbocycles. The summed E-state index contributed by atoms with van der Waals surface area (Å²) in [7, 11) is 0. The number of hydrogen-bond acceptors (Lipinski definition) is 4. The highest BCUT2D eigenvalue weighted by Crippen LogP contribution is 2.27. The highest BCUT2D eigenvalue weighted by Gasteiger charge is 2.23. The molecule has 0 spiro atoms. The number of thiophene rings is 2. The van der Waals surface area contributed by atoms with Gasteiger partial charge in [-0.1, -0.05) is 25.0 Å². The Kier molecular flexibility index (Phi) is 5.64. The van der Waals surface area contributed by atoms with Crippen molar-refractivity contribution in [2.24, 2.45) is 0 Å². The lowest BCUT2D eigenvalue weighted by Crippen LogP contribution is -2.38. The van der Waals surface area contributed by atoms with Crippen LogP contribution in [0.15, 0.2) is 35.0 Å². The maximum absolute atomic E-state index is 12.2. The molecule has 3 nitrogen and oxygen atoms in total. The van der Waals surface area contributed by atoms with Crippen molar-refractivity contribution in [1.82, 2.24) is 10.2 Å². The summed E-state index contributed by atoms with van der Waals surface area (Å²) >= 11 is 3.29. The fraction of sp³-hybridized carbons (Fsp3) is 0.471. The van der Waals surface area contributed by atoms with Gasteiger partial charge in [-0.25, -0.2) is 0 Å². The van der Waals surface area contributed by atoms with Crippen LogP contribution in [-0.2, 0) is 0 Å². The first-order valence-corrected chi connectivity index (χ1v) is 9.69. The molecule has 1 aliphatic rings. The molecule has 1 amide bonds. The van der Waals surface area contributed by atoms with E-state index in [4.69, 9.17) is 0 Å². The molecule has 5 heteroatoms. The molecular weight excluding hydrogens is 312 g/mol. The molecule has 1 fully saturated rings. The Bertz CT molecular complexity index is 558. The second-order valence-corrected chi connectivity index (χ2v) is 7.60. The van der Waals surface area contributed by atoms with E-state index in [-0.39, 0.29) is 5.91 Å². The summed E-state index contributed by atoms with van der Waals surface area (Å²) in [4.78, 5) is 16.9. The summed E-state index contributed by atoms with van der Waals surface area (Å²) in [5.41, 5.74) is 0. The van der Waals surface area contributed by atoms with Gasteiger partial charge in [-0.15, -0.1) is 22.7 Å². The molecule has 1 N–H and O–H groups in total. The molecular formula is C17H22N2OS2. The van der Waals surface area contributed by atoms with Crippen LogP contribution in [0.1, 0.15) is 46.3 Å². The quantitative estimate of drug-likeness (QED) is 0.890. The van der Waals surface area contributed by atoms with Crippen LogP contribution in [0.4, 0.5) is 0 Å². The fourth-order valence-electron chi connectivity index (χ4n) is 2.98. The molecule has 3 heterocycles. The van der Waals surface area contributed by atoms with Crippen molar-refractivity contribution in [1.29, 1.82) is 0 Å². The van der Waals surface area contributed by atoms with E-state index in [1.54, 1.807) is 11.3 Å². The van der Waals surface area contributed by atoms with Crippen molar-refractivity contribution in [3.8, 4) is 0 Å². The highest BCUT2D eigenvalue weighted by molar-refractivity contribution is 7.12. The summed E-state index contributed by atoms with van der Waals surface area (Å²) in [6.07, 6.45) is 5.19. The molecule has 0 bridgehead atoms. The summed E-state index contributed by atoms with van der Waals surface area (Å²) in [6, 6.07) is 8.41. The van der Waals surface area contributed by atoms with Gasteiger partial charge >= 0.3 is 0 Å². The van der Waals surface area contributed by atoms with Crippen LogP contribution >= 0.6 is 22.7 Å². The third-order valence-electron chi connectivity index (χ3n) is 4.15. The van der Waals surface area contributed by atoms with Crippen molar-refractivity contribution in [3.05, 3.63) is 44.8 Å². The standard InChI is InChI=1S/C17H22N2OS2/c20-17(16-8-6-12-22-16)18-13-14(15-7-5-11-21-15)19-9-3-1-2-4-10-19/h5-8,11-12,14H,1-4,9-10,13H2,(H,18,20)/t14-/m1/s1. The molecule has 1 atom stereocenters. The topological polar surface area (TPSA) is 32.3 Å². The van der Waals surface area contributed by atoms with Crippen molar-refractivity contribution >= 4 is 28.6 Å². The van der Waals surface area contributed by atoms with Gasteiger partial charge in [-0.3, -0.25) is 9.69 Å². The van der Waals surface area contributed by atoms with Crippen molar-refractivity contribution < 1.29 is 4.79 Å². The Morgan fingerprint density at radius 2 is 1.82 bits per heavy atom.